The molecule has 7 nitrogen and oxygen atoms in total. The summed E-state index contributed by atoms with van der Waals surface area (Å²) in [6, 6.07) is 13.3. The summed E-state index contributed by atoms with van der Waals surface area (Å²) in [5.74, 6) is 0.0871. The van der Waals surface area contributed by atoms with E-state index in [1.54, 1.807) is 36.4 Å². The molecule has 0 unspecified atom stereocenters. The Morgan fingerprint density at radius 2 is 1.87 bits per heavy atom. The molecular formula is C20H21ClN4O3S2. The van der Waals surface area contributed by atoms with Gasteiger partial charge in [0.05, 0.1) is 15.6 Å². The topological polar surface area (TPSA) is 107 Å². The van der Waals surface area contributed by atoms with Crippen LogP contribution in [0.5, 0.6) is 0 Å². The number of benzene rings is 2. The number of anilines is 2. The molecule has 3 rings (SSSR count). The van der Waals surface area contributed by atoms with Gasteiger partial charge in [0.25, 0.3) is 0 Å². The molecule has 0 saturated carbocycles. The van der Waals surface area contributed by atoms with Crippen LogP contribution in [0.3, 0.4) is 0 Å². The van der Waals surface area contributed by atoms with Gasteiger partial charge in [-0.1, -0.05) is 48.4 Å². The Hall–Kier alpha value is -2.49. The van der Waals surface area contributed by atoms with Crippen molar-refractivity contribution in [2.75, 3.05) is 16.8 Å². The number of hydrogen-bond acceptors (Lipinski definition) is 6. The van der Waals surface area contributed by atoms with Gasteiger partial charge in [-0.05, 0) is 36.9 Å². The summed E-state index contributed by atoms with van der Waals surface area (Å²) in [6.45, 7) is 3.50. The first-order valence-corrected chi connectivity index (χ1v) is 11.9. The number of aryl methyl sites for hydroxylation is 1. The van der Waals surface area contributed by atoms with Crippen LogP contribution in [-0.2, 0) is 21.2 Å². The summed E-state index contributed by atoms with van der Waals surface area (Å²) < 4.78 is 27.7. The number of nitrogens with two attached hydrogens (primary N) is 1. The number of hydrogen-bond donors (Lipinski definition) is 2. The summed E-state index contributed by atoms with van der Waals surface area (Å²) in [6.07, 6.45) is 0. The van der Waals surface area contributed by atoms with E-state index in [1.165, 1.54) is 28.6 Å². The average Bonchev–Trinajstić information content (AvgIpc) is 3.00. The molecule has 0 aliphatic heterocycles. The predicted molar refractivity (Wildman–Crippen MR) is 120 cm³/mol. The normalized spacial score (nSPS) is 11.4. The van der Waals surface area contributed by atoms with Gasteiger partial charge < -0.3 is 11.1 Å². The number of rotatable bonds is 7. The number of carbonyl (C=O) groups excluding carboxylic acids is 1. The standard InChI is InChI=1S/C20H21ClN4O3S2/c1-3-29-20-18(30(27,28)14-10-8-13(2)9-11-14)19(22)25(24-20)12-17(26)23-16-7-5-4-6-15(16)21/h4-11H,3,12,22H2,1-2H3,(H,23,26). The van der Waals surface area contributed by atoms with Crippen molar-refractivity contribution in [2.24, 2.45) is 0 Å². The van der Waals surface area contributed by atoms with Crippen LogP contribution in [0.2, 0.25) is 5.02 Å². The Morgan fingerprint density at radius 3 is 2.50 bits per heavy atom. The molecule has 3 aromatic rings. The van der Waals surface area contributed by atoms with Crippen molar-refractivity contribution in [2.45, 2.75) is 35.2 Å². The first kappa shape index (κ1) is 22.2. The van der Waals surface area contributed by atoms with Crippen molar-refractivity contribution in [1.82, 2.24) is 9.78 Å². The van der Waals surface area contributed by atoms with Crippen LogP contribution in [0.1, 0.15) is 12.5 Å². The number of amides is 1. The molecule has 0 fully saturated rings. The van der Waals surface area contributed by atoms with Crippen LogP contribution >= 0.6 is 23.4 Å². The highest BCUT2D eigenvalue weighted by Crippen LogP contribution is 2.35. The highest BCUT2D eigenvalue weighted by atomic mass is 35.5. The largest absolute Gasteiger partial charge is 0.383 e. The van der Waals surface area contributed by atoms with E-state index >= 15 is 0 Å². The van der Waals surface area contributed by atoms with E-state index in [4.69, 9.17) is 17.3 Å². The number of carbonyl (C=O) groups is 1. The van der Waals surface area contributed by atoms with Gasteiger partial charge in [0, 0.05) is 0 Å². The molecule has 0 bridgehead atoms. The average molecular weight is 465 g/mol. The van der Waals surface area contributed by atoms with Gasteiger partial charge >= 0.3 is 0 Å². The van der Waals surface area contributed by atoms with Crippen LogP contribution in [0, 0.1) is 6.92 Å². The Labute approximate surface area is 184 Å². The molecule has 1 amide bonds. The van der Waals surface area contributed by atoms with E-state index in [9.17, 15) is 13.2 Å². The Kier molecular flexibility index (Phi) is 6.74. The number of thioether (sulfide) groups is 1. The quantitative estimate of drug-likeness (QED) is 0.511. The van der Waals surface area contributed by atoms with E-state index in [1.807, 2.05) is 13.8 Å². The van der Waals surface area contributed by atoms with Crippen molar-refractivity contribution in [3.8, 4) is 0 Å². The zero-order valence-corrected chi connectivity index (χ0v) is 18.8. The molecule has 0 atom stereocenters. The van der Waals surface area contributed by atoms with Crippen LogP contribution in [-0.4, -0.2) is 29.9 Å². The Morgan fingerprint density at radius 1 is 1.20 bits per heavy atom. The third-order valence-corrected chi connectivity index (χ3v) is 7.38. The van der Waals surface area contributed by atoms with Crippen molar-refractivity contribution >= 4 is 50.6 Å². The number of nitrogen functional groups attached to an aromatic ring is 1. The monoisotopic (exact) mass is 464 g/mol. The molecule has 1 aromatic heterocycles. The van der Waals surface area contributed by atoms with Crippen molar-refractivity contribution in [3.63, 3.8) is 0 Å². The number of halogens is 1. The van der Waals surface area contributed by atoms with Gasteiger partial charge in [-0.15, -0.1) is 11.8 Å². The maximum absolute atomic E-state index is 13.2. The molecule has 0 aliphatic rings. The number of nitrogens with zero attached hydrogens (tertiary/aromatic N) is 2. The molecule has 2 aromatic carbocycles. The van der Waals surface area contributed by atoms with E-state index in [2.05, 4.69) is 10.4 Å². The van der Waals surface area contributed by atoms with E-state index in [0.717, 1.165) is 5.56 Å². The second-order valence-corrected chi connectivity index (χ2v) is 10.0. The van der Waals surface area contributed by atoms with Crippen LogP contribution in [0.15, 0.2) is 63.3 Å². The lowest BCUT2D eigenvalue weighted by Crippen LogP contribution is -2.21. The molecule has 1 heterocycles. The van der Waals surface area contributed by atoms with Crippen molar-refractivity contribution < 1.29 is 13.2 Å². The Balaban J connectivity index is 1.95. The van der Waals surface area contributed by atoms with E-state index in [-0.39, 0.29) is 27.2 Å². The molecule has 0 spiro atoms. The third kappa shape index (κ3) is 4.63. The van der Waals surface area contributed by atoms with Gasteiger partial charge in [0.1, 0.15) is 22.3 Å². The molecule has 0 radical (unpaired) electrons. The smallest absolute Gasteiger partial charge is 0.246 e. The first-order valence-electron chi connectivity index (χ1n) is 9.09. The molecule has 3 N–H and O–H groups in total. The summed E-state index contributed by atoms with van der Waals surface area (Å²) in [4.78, 5) is 12.5. The van der Waals surface area contributed by atoms with Gasteiger partial charge in [0.15, 0.2) is 0 Å². The van der Waals surface area contributed by atoms with Gasteiger partial charge in [-0.25, -0.2) is 13.1 Å². The second kappa shape index (κ2) is 9.11. The van der Waals surface area contributed by atoms with Crippen molar-refractivity contribution in [3.05, 3.63) is 59.1 Å². The minimum Gasteiger partial charge on any atom is -0.383 e. The molecule has 30 heavy (non-hydrogen) atoms. The van der Waals surface area contributed by atoms with Gasteiger partial charge in [-0.2, -0.15) is 5.10 Å². The summed E-state index contributed by atoms with van der Waals surface area (Å²) in [7, 11) is -3.90. The SMILES string of the molecule is CCSc1nn(CC(=O)Nc2ccccc2Cl)c(N)c1S(=O)(=O)c1ccc(C)cc1. The maximum atomic E-state index is 13.2. The number of nitrogens with one attached hydrogen (secondary N) is 1. The summed E-state index contributed by atoms with van der Waals surface area (Å²) >= 11 is 7.32. The molecule has 10 heteroatoms. The molecule has 0 saturated heterocycles. The zero-order valence-electron chi connectivity index (χ0n) is 16.4. The van der Waals surface area contributed by atoms with E-state index < -0.39 is 15.7 Å². The van der Waals surface area contributed by atoms with Crippen LogP contribution < -0.4 is 11.1 Å². The number of sulfone groups is 1. The number of aromatic nitrogens is 2. The summed E-state index contributed by atoms with van der Waals surface area (Å²) in [5.41, 5.74) is 7.55. The minimum absolute atomic E-state index is 0.0799. The summed E-state index contributed by atoms with van der Waals surface area (Å²) in [5, 5.41) is 7.63. The minimum atomic E-state index is -3.90. The van der Waals surface area contributed by atoms with Crippen molar-refractivity contribution in [1.29, 1.82) is 0 Å². The third-order valence-electron chi connectivity index (χ3n) is 4.24. The molecule has 158 valence electrons. The molecular weight excluding hydrogens is 444 g/mol. The van der Waals surface area contributed by atoms with E-state index in [0.29, 0.717) is 16.5 Å². The van der Waals surface area contributed by atoms with Gasteiger partial charge in [-0.3, -0.25) is 4.79 Å². The molecule has 0 aliphatic carbocycles. The fourth-order valence-electron chi connectivity index (χ4n) is 2.76. The second-order valence-electron chi connectivity index (χ2n) is 6.45. The zero-order chi connectivity index (χ0) is 21.9. The predicted octanol–water partition coefficient (Wildman–Crippen LogP) is 4.01. The van der Waals surface area contributed by atoms with Crippen LogP contribution in [0.4, 0.5) is 11.5 Å². The lowest BCUT2D eigenvalue weighted by Gasteiger charge is -2.09. The first-order chi connectivity index (χ1) is 14.2. The highest BCUT2D eigenvalue weighted by Gasteiger charge is 2.30. The van der Waals surface area contributed by atoms with Gasteiger partial charge in [0.2, 0.25) is 15.7 Å². The lowest BCUT2D eigenvalue weighted by molar-refractivity contribution is -0.116. The lowest BCUT2D eigenvalue weighted by atomic mass is 10.2. The fourth-order valence-corrected chi connectivity index (χ4v) is 5.50. The maximum Gasteiger partial charge on any atom is 0.246 e. The Bertz CT molecular complexity index is 1180. The fraction of sp³-hybridized carbons (Fsp3) is 0.200. The number of para-hydroxylation sites is 1. The highest BCUT2D eigenvalue weighted by molar-refractivity contribution is 8.00. The van der Waals surface area contributed by atoms with Crippen LogP contribution in [0.25, 0.3) is 0 Å².